The van der Waals surface area contributed by atoms with Crippen molar-refractivity contribution < 1.29 is 18.0 Å². The van der Waals surface area contributed by atoms with Crippen LogP contribution in [0.25, 0.3) is 0 Å². The van der Waals surface area contributed by atoms with Crippen molar-refractivity contribution >= 4 is 5.91 Å². The van der Waals surface area contributed by atoms with Crippen LogP contribution in [0.15, 0.2) is 24.3 Å². The Bertz CT molecular complexity index is 491. The van der Waals surface area contributed by atoms with E-state index in [9.17, 15) is 18.0 Å². The third-order valence-corrected chi connectivity index (χ3v) is 2.55. The number of alkyl halides is 3. The second-order valence-electron chi connectivity index (χ2n) is 3.76. The third-order valence-electron chi connectivity index (χ3n) is 2.55. The Kier molecular flexibility index (Phi) is 3.96. The highest BCUT2D eigenvalue weighted by Crippen LogP contribution is 2.32. The van der Waals surface area contributed by atoms with Crippen LogP contribution in [0.4, 0.5) is 13.2 Å². The van der Waals surface area contributed by atoms with Gasteiger partial charge in [-0.15, -0.1) is 0 Å². The van der Waals surface area contributed by atoms with Crippen LogP contribution in [0.3, 0.4) is 0 Å². The Hall–Kier alpha value is -2.03. The summed E-state index contributed by atoms with van der Waals surface area (Å²) < 4.78 is 38.2. The van der Waals surface area contributed by atoms with Gasteiger partial charge in [0.2, 0.25) is 0 Å². The molecule has 1 atom stereocenters. The SMILES string of the molecule is CC(C#N)N(C)C(=O)c1ccccc1C(F)(F)F. The molecule has 0 aliphatic carbocycles. The van der Waals surface area contributed by atoms with Crippen LogP contribution >= 0.6 is 0 Å². The number of halogens is 3. The second kappa shape index (κ2) is 5.08. The monoisotopic (exact) mass is 256 g/mol. The molecule has 0 bridgehead atoms. The van der Waals surface area contributed by atoms with E-state index in [2.05, 4.69) is 0 Å². The lowest BCUT2D eigenvalue weighted by Crippen LogP contribution is -2.35. The van der Waals surface area contributed by atoms with E-state index in [1.54, 1.807) is 6.07 Å². The van der Waals surface area contributed by atoms with E-state index in [1.165, 1.54) is 26.1 Å². The van der Waals surface area contributed by atoms with Crippen molar-refractivity contribution in [2.45, 2.75) is 19.1 Å². The highest BCUT2D eigenvalue weighted by atomic mass is 19.4. The van der Waals surface area contributed by atoms with Gasteiger partial charge in [-0.3, -0.25) is 4.79 Å². The van der Waals surface area contributed by atoms with E-state index in [-0.39, 0.29) is 0 Å². The maximum atomic E-state index is 12.7. The molecule has 0 N–H and O–H groups in total. The van der Waals surface area contributed by atoms with Crippen molar-refractivity contribution in [1.29, 1.82) is 5.26 Å². The maximum Gasteiger partial charge on any atom is 0.417 e. The van der Waals surface area contributed by atoms with E-state index in [0.717, 1.165) is 17.0 Å². The summed E-state index contributed by atoms with van der Waals surface area (Å²) in [6.07, 6.45) is -4.59. The number of hydrogen-bond donors (Lipinski definition) is 0. The Morgan fingerprint density at radius 2 is 1.94 bits per heavy atom. The maximum absolute atomic E-state index is 12.7. The zero-order chi connectivity index (χ0) is 13.9. The van der Waals surface area contributed by atoms with Crippen molar-refractivity contribution in [1.82, 2.24) is 4.90 Å². The summed E-state index contributed by atoms with van der Waals surface area (Å²) in [5.74, 6) is -0.822. The summed E-state index contributed by atoms with van der Waals surface area (Å²) >= 11 is 0. The Balaban J connectivity index is 3.19. The fourth-order valence-corrected chi connectivity index (χ4v) is 1.37. The molecule has 0 spiro atoms. The van der Waals surface area contributed by atoms with Crippen LogP contribution in [0.2, 0.25) is 0 Å². The van der Waals surface area contributed by atoms with Crippen molar-refractivity contribution in [3.8, 4) is 6.07 Å². The molecule has 0 aliphatic rings. The van der Waals surface area contributed by atoms with E-state index < -0.39 is 29.3 Å². The van der Waals surface area contributed by atoms with Crippen molar-refractivity contribution in [2.24, 2.45) is 0 Å². The molecule has 0 heterocycles. The molecule has 1 aromatic carbocycles. The number of rotatable bonds is 2. The quantitative estimate of drug-likeness (QED) is 0.816. The van der Waals surface area contributed by atoms with Gasteiger partial charge in [0.05, 0.1) is 17.2 Å². The van der Waals surface area contributed by atoms with E-state index in [0.29, 0.717) is 0 Å². The van der Waals surface area contributed by atoms with Gasteiger partial charge in [-0.2, -0.15) is 18.4 Å². The summed E-state index contributed by atoms with van der Waals surface area (Å²) in [7, 11) is 1.30. The van der Waals surface area contributed by atoms with Gasteiger partial charge in [-0.05, 0) is 19.1 Å². The van der Waals surface area contributed by atoms with Crippen LogP contribution in [-0.4, -0.2) is 23.9 Å². The average Bonchev–Trinajstić information content (AvgIpc) is 2.35. The fourth-order valence-electron chi connectivity index (χ4n) is 1.37. The molecule has 1 unspecified atom stereocenters. The number of benzene rings is 1. The summed E-state index contributed by atoms with van der Waals surface area (Å²) in [5, 5.41) is 8.66. The highest BCUT2D eigenvalue weighted by molar-refractivity contribution is 5.96. The zero-order valence-electron chi connectivity index (χ0n) is 9.82. The number of hydrogen-bond acceptors (Lipinski definition) is 2. The number of nitrogens with zero attached hydrogens (tertiary/aromatic N) is 2. The van der Waals surface area contributed by atoms with Crippen LogP contribution < -0.4 is 0 Å². The average molecular weight is 256 g/mol. The number of carbonyl (C=O) groups excluding carboxylic acids is 1. The molecule has 0 radical (unpaired) electrons. The first-order valence-electron chi connectivity index (χ1n) is 5.12. The Morgan fingerprint density at radius 1 is 1.39 bits per heavy atom. The standard InChI is InChI=1S/C12H11F3N2O/c1-8(7-16)17(2)11(18)9-5-3-4-6-10(9)12(13,14)15/h3-6,8H,1-2H3. The van der Waals surface area contributed by atoms with Gasteiger partial charge in [0.15, 0.2) is 0 Å². The topological polar surface area (TPSA) is 44.1 Å². The van der Waals surface area contributed by atoms with Crippen LogP contribution in [0.5, 0.6) is 0 Å². The number of amides is 1. The molecule has 0 aromatic heterocycles. The molecule has 6 heteroatoms. The minimum absolute atomic E-state index is 0.449. The second-order valence-corrected chi connectivity index (χ2v) is 3.76. The van der Waals surface area contributed by atoms with E-state index in [1.807, 2.05) is 0 Å². The Labute approximate surface area is 102 Å². The van der Waals surface area contributed by atoms with Gasteiger partial charge in [0.25, 0.3) is 5.91 Å². The Morgan fingerprint density at radius 3 is 2.44 bits per heavy atom. The van der Waals surface area contributed by atoms with Gasteiger partial charge in [0.1, 0.15) is 6.04 Å². The molecule has 18 heavy (non-hydrogen) atoms. The van der Waals surface area contributed by atoms with E-state index >= 15 is 0 Å². The van der Waals surface area contributed by atoms with Crippen LogP contribution in [0, 0.1) is 11.3 Å². The summed E-state index contributed by atoms with van der Waals surface area (Å²) in [6.45, 7) is 1.44. The largest absolute Gasteiger partial charge is 0.417 e. The minimum Gasteiger partial charge on any atom is -0.326 e. The highest BCUT2D eigenvalue weighted by Gasteiger charge is 2.35. The van der Waals surface area contributed by atoms with Crippen LogP contribution in [-0.2, 0) is 6.18 Å². The predicted molar refractivity (Wildman–Crippen MR) is 58.6 cm³/mol. The molecule has 1 aromatic rings. The van der Waals surface area contributed by atoms with Gasteiger partial charge in [-0.25, -0.2) is 0 Å². The summed E-state index contributed by atoms with van der Waals surface area (Å²) in [6, 6.07) is 5.52. The van der Waals surface area contributed by atoms with Gasteiger partial charge >= 0.3 is 6.18 Å². The molecule has 0 saturated carbocycles. The lowest BCUT2D eigenvalue weighted by atomic mass is 10.1. The van der Waals surface area contributed by atoms with Crippen molar-refractivity contribution in [3.63, 3.8) is 0 Å². The molecule has 1 amide bonds. The lowest BCUT2D eigenvalue weighted by molar-refractivity contribution is -0.138. The first kappa shape index (κ1) is 14.0. The molecular formula is C12H11F3N2O. The van der Waals surface area contributed by atoms with Crippen LogP contribution in [0.1, 0.15) is 22.8 Å². The lowest BCUT2D eigenvalue weighted by Gasteiger charge is -2.21. The first-order chi connectivity index (χ1) is 8.29. The first-order valence-corrected chi connectivity index (χ1v) is 5.12. The number of nitriles is 1. The van der Waals surface area contributed by atoms with Gasteiger partial charge in [0, 0.05) is 7.05 Å². The van der Waals surface area contributed by atoms with Crippen molar-refractivity contribution in [3.05, 3.63) is 35.4 Å². The number of carbonyl (C=O) groups is 1. The predicted octanol–water partition coefficient (Wildman–Crippen LogP) is 2.69. The molecule has 3 nitrogen and oxygen atoms in total. The van der Waals surface area contributed by atoms with E-state index in [4.69, 9.17) is 5.26 Å². The normalized spacial score (nSPS) is 12.7. The minimum atomic E-state index is -4.59. The van der Waals surface area contributed by atoms with Gasteiger partial charge in [-0.1, -0.05) is 12.1 Å². The smallest absolute Gasteiger partial charge is 0.326 e. The molecule has 0 saturated heterocycles. The molecule has 1 rings (SSSR count). The molecule has 0 aliphatic heterocycles. The molecule has 0 fully saturated rings. The molecule has 96 valence electrons. The molecular weight excluding hydrogens is 245 g/mol. The van der Waals surface area contributed by atoms with Crippen molar-refractivity contribution in [2.75, 3.05) is 7.05 Å². The summed E-state index contributed by atoms with van der Waals surface area (Å²) in [5.41, 5.74) is -1.44. The summed E-state index contributed by atoms with van der Waals surface area (Å²) in [4.78, 5) is 12.9. The van der Waals surface area contributed by atoms with Gasteiger partial charge < -0.3 is 4.90 Å². The zero-order valence-corrected chi connectivity index (χ0v) is 9.82. The fraction of sp³-hybridized carbons (Fsp3) is 0.333. The third kappa shape index (κ3) is 2.80.